The molecule has 2 aromatic carbocycles. The number of carbonyl (C=O) groups excluding carboxylic acids is 1. The molecule has 0 radical (unpaired) electrons. The molecule has 0 N–H and O–H groups in total. The molecule has 0 saturated carbocycles. The minimum atomic E-state index is -0.359. The highest BCUT2D eigenvalue weighted by Crippen LogP contribution is 2.33. The lowest BCUT2D eigenvalue weighted by molar-refractivity contribution is 0.0866. The molecule has 1 aliphatic heterocycles. The Hall–Kier alpha value is -2.67. The number of aromatic nitrogens is 2. The molecule has 4 rings (SSSR count). The van der Waals surface area contributed by atoms with Crippen molar-refractivity contribution in [1.29, 1.82) is 0 Å². The lowest BCUT2D eigenvalue weighted by Crippen LogP contribution is -2.31. The highest BCUT2D eigenvalue weighted by Gasteiger charge is 2.35. The van der Waals surface area contributed by atoms with Gasteiger partial charge in [0, 0.05) is 16.6 Å². The molecule has 0 aliphatic carbocycles. The fourth-order valence-electron chi connectivity index (χ4n) is 3.17. The molecule has 1 aromatic heterocycles. The van der Waals surface area contributed by atoms with Crippen molar-refractivity contribution in [2.75, 3.05) is 6.54 Å². The average molecular weight is 428 g/mol. The van der Waals surface area contributed by atoms with E-state index in [4.69, 9.17) is 9.26 Å². The Kier molecular flexibility index (Phi) is 5.20. The largest absolute Gasteiger partial charge is 0.445 e. The van der Waals surface area contributed by atoms with Gasteiger partial charge in [0.05, 0.1) is 0 Å². The van der Waals surface area contributed by atoms with Gasteiger partial charge in [0.1, 0.15) is 12.6 Å². The van der Waals surface area contributed by atoms with Crippen molar-refractivity contribution in [3.8, 4) is 11.4 Å². The maximum atomic E-state index is 12.5. The minimum absolute atomic E-state index is 0.245. The van der Waals surface area contributed by atoms with E-state index in [0.717, 1.165) is 28.4 Å². The topological polar surface area (TPSA) is 68.5 Å². The quantitative estimate of drug-likeness (QED) is 0.587. The van der Waals surface area contributed by atoms with Gasteiger partial charge < -0.3 is 9.26 Å². The van der Waals surface area contributed by atoms with Crippen molar-refractivity contribution >= 4 is 22.0 Å². The summed E-state index contributed by atoms with van der Waals surface area (Å²) in [5.41, 5.74) is 1.80. The van der Waals surface area contributed by atoms with Gasteiger partial charge in [-0.25, -0.2) is 4.79 Å². The zero-order valence-electron chi connectivity index (χ0n) is 14.5. The van der Waals surface area contributed by atoms with Crippen molar-refractivity contribution in [1.82, 2.24) is 15.0 Å². The van der Waals surface area contributed by atoms with Crippen LogP contribution in [-0.2, 0) is 11.3 Å². The first-order valence-electron chi connectivity index (χ1n) is 8.78. The molecule has 1 unspecified atom stereocenters. The van der Waals surface area contributed by atoms with Gasteiger partial charge in [-0.1, -0.05) is 63.6 Å². The van der Waals surface area contributed by atoms with Gasteiger partial charge in [-0.3, -0.25) is 4.90 Å². The summed E-state index contributed by atoms with van der Waals surface area (Å²) in [5, 5.41) is 4.08. The van der Waals surface area contributed by atoms with E-state index in [0.29, 0.717) is 18.3 Å². The summed E-state index contributed by atoms with van der Waals surface area (Å²) in [4.78, 5) is 18.7. The number of amides is 1. The molecule has 138 valence electrons. The van der Waals surface area contributed by atoms with Crippen LogP contribution in [0.5, 0.6) is 0 Å². The molecular formula is C20H18BrN3O3. The highest BCUT2D eigenvalue weighted by atomic mass is 79.9. The molecule has 1 saturated heterocycles. The number of ether oxygens (including phenoxy) is 1. The Bertz CT molecular complexity index is 929. The van der Waals surface area contributed by atoms with Crippen molar-refractivity contribution in [2.45, 2.75) is 25.5 Å². The summed E-state index contributed by atoms with van der Waals surface area (Å²) >= 11 is 3.50. The van der Waals surface area contributed by atoms with Gasteiger partial charge in [-0.05, 0) is 30.5 Å². The van der Waals surface area contributed by atoms with Crippen LogP contribution in [0.25, 0.3) is 11.4 Å². The van der Waals surface area contributed by atoms with Crippen molar-refractivity contribution in [2.24, 2.45) is 0 Å². The van der Waals surface area contributed by atoms with Gasteiger partial charge in [-0.2, -0.15) is 4.98 Å². The normalized spacial score (nSPS) is 16.5. The summed E-state index contributed by atoms with van der Waals surface area (Å²) in [7, 11) is 0. The van der Waals surface area contributed by atoms with E-state index >= 15 is 0 Å². The molecule has 0 bridgehead atoms. The van der Waals surface area contributed by atoms with Crippen LogP contribution in [-0.4, -0.2) is 27.7 Å². The van der Waals surface area contributed by atoms with Gasteiger partial charge in [0.15, 0.2) is 0 Å². The van der Waals surface area contributed by atoms with Crippen LogP contribution in [0.15, 0.2) is 63.6 Å². The molecule has 0 spiro atoms. The lowest BCUT2D eigenvalue weighted by atomic mass is 10.2. The predicted molar refractivity (Wildman–Crippen MR) is 103 cm³/mol. The number of benzene rings is 2. The van der Waals surface area contributed by atoms with Crippen molar-refractivity contribution in [3.05, 3.63) is 70.5 Å². The van der Waals surface area contributed by atoms with Crippen LogP contribution in [0.2, 0.25) is 0 Å². The lowest BCUT2D eigenvalue weighted by Gasteiger charge is -2.21. The average Bonchev–Trinajstić information content (AvgIpc) is 3.36. The van der Waals surface area contributed by atoms with Crippen LogP contribution in [0.1, 0.15) is 30.3 Å². The van der Waals surface area contributed by atoms with Gasteiger partial charge >= 0.3 is 6.09 Å². The molecule has 1 fully saturated rings. The number of rotatable bonds is 4. The van der Waals surface area contributed by atoms with Crippen molar-refractivity contribution < 1.29 is 14.1 Å². The van der Waals surface area contributed by atoms with Gasteiger partial charge in [0.25, 0.3) is 0 Å². The second kappa shape index (κ2) is 7.92. The molecule has 2 heterocycles. The summed E-state index contributed by atoms with van der Waals surface area (Å²) < 4.78 is 11.8. The first kappa shape index (κ1) is 17.7. The molecular weight excluding hydrogens is 410 g/mol. The van der Waals surface area contributed by atoms with E-state index in [1.165, 1.54) is 0 Å². The van der Waals surface area contributed by atoms with E-state index in [1.807, 2.05) is 54.6 Å². The van der Waals surface area contributed by atoms with E-state index in [2.05, 4.69) is 26.1 Å². The molecule has 27 heavy (non-hydrogen) atoms. The van der Waals surface area contributed by atoms with Crippen molar-refractivity contribution in [3.63, 3.8) is 0 Å². The standard InChI is InChI=1S/C20H18BrN3O3/c21-16-10-5-4-9-15(16)18-22-19(27-23-18)17-11-6-12-24(17)20(25)26-13-14-7-2-1-3-8-14/h1-5,7-10,17H,6,11-13H2. The third kappa shape index (κ3) is 3.88. The molecule has 3 aromatic rings. The first-order chi connectivity index (χ1) is 13.2. The predicted octanol–water partition coefficient (Wildman–Crippen LogP) is 4.97. The third-order valence-electron chi connectivity index (χ3n) is 4.53. The molecule has 1 amide bonds. The summed E-state index contributed by atoms with van der Waals surface area (Å²) in [6.45, 7) is 0.861. The van der Waals surface area contributed by atoms with E-state index in [9.17, 15) is 4.79 Å². The smallest absolute Gasteiger partial charge is 0.410 e. The number of halogens is 1. The number of nitrogens with zero attached hydrogens (tertiary/aromatic N) is 3. The van der Waals surface area contributed by atoms with E-state index < -0.39 is 0 Å². The molecule has 1 atom stereocenters. The van der Waals surface area contributed by atoms with Crippen LogP contribution in [0, 0.1) is 0 Å². The van der Waals surface area contributed by atoms with Crippen LogP contribution < -0.4 is 0 Å². The number of hydrogen-bond donors (Lipinski definition) is 0. The molecule has 6 nitrogen and oxygen atoms in total. The second-order valence-electron chi connectivity index (χ2n) is 6.33. The Morgan fingerprint density at radius 3 is 2.78 bits per heavy atom. The van der Waals surface area contributed by atoms with E-state index in [1.54, 1.807) is 4.90 Å². The highest BCUT2D eigenvalue weighted by molar-refractivity contribution is 9.10. The maximum absolute atomic E-state index is 12.5. The zero-order chi connectivity index (χ0) is 18.6. The number of hydrogen-bond acceptors (Lipinski definition) is 5. The minimum Gasteiger partial charge on any atom is -0.445 e. The van der Waals surface area contributed by atoms with Crippen LogP contribution in [0.3, 0.4) is 0 Å². The Morgan fingerprint density at radius 1 is 1.19 bits per heavy atom. The zero-order valence-corrected chi connectivity index (χ0v) is 16.1. The monoisotopic (exact) mass is 427 g/mol. The number of likely N-dealkylation sites (tertiary alicyclic amines) is 1. The van der Waals surface area contributed by atoms with Gasteiger partial charge in [-0.15, -0.1) is 0 Å². The van der Waals surface area contributed by atoms with Crippen LogP contribution in [0.4, 0.5) is 4.79 Å². The molecule has 1 aliphatic rings. The summed E-state index contributed by atoms with van der Waals surface area (Å²) in [6, 6.07) is 17.1. The first-order valence-corrected chi connectivity index (χ1v) is 9.57. The molecule has 7 heteroatoms. The van der Waals surface area contributed by atoms with E-state index in [-0.39, 0.29) is 18.7 Å². The van der Waals surface area contributed by atoms with Gasteiger partial charge in [0.2, 0.25) is 11.7 Å². The number of carbonyl (C=O) groups is 1. The Balaban J connectivity index is 1.47. The van der Waals surface area contributed by atoms with Crippen LogP contribution >= 0.6 is 15.9 Å². The SMILES string of the molecule is O=C(OCc1ccccc1)N1CCCC1c1nc(-c2ccccc2Br)no1. The fraction of sp³-hybridized carbons (Fsp3) is 0.250. The summed E-state index contributed by atoms with van der Waals surface area (Å²) in [5.74, 6) is 0.942. The summed E-state index contributed by atoms with van der Waals surface area (Å²) in [6.07, 6.45) is 1.29. The Labute approximate surface area is 165 Å². The fourth-order valence-corrected chi connectivity index (χ4v) is 3.63. The Morgan fingerprint density at radius 2 is 1.96 bits per heavy atom. The third-order valence-corrected chi connectivity index (χ3v) is 5.23. The second-order valence-corrected chi connectivity index (χ2v) is 7.18. The maximum Gasteiger partial charge on any atom is 0.410 e.